The van der Waals surface area contributed by atoms with Crippen LogP contribution in [0.3, 0.4) is 0 Å². The fourth-order valence-corrected chi connectivity index (χ4v) is 3.88. The zero-order valence-corrected chi connectivity index (χ0v) is 13.6. The Morgan fingerprint density at radius 2 is 1.72 bits per heavy atom. The lowest BCUT2D eigenvalue weighted by Crippen LogP contribution is -2.38. The molecule has 0 atom stereocenters. The van der Waals surface area contributed by atoms with Crippen molar-refractivity contribution in [1.82, 2.24) is 9.88 Å². The van der Waals surface area contributed by atoms with E-state index in [1.54, 1.807) is 18.2 Å². The molecule has 1 aromatic heterocycles. The van der Waals surface area contributed by atoms with Crippen LogP contribution < -0.4 is 0 Å². The van der Waals surface area contributed by atoms with Gasteiger partial charge in [0.1, 0.15) is 5.52 Å². The number of imide groups is 1. The average Bonchev–Trinajstić information content (AvgIpc) is 3.34. The van der Waals surface area contributed by atoms with Gasteiger partial charge in [-0.15, -0.1) is 0 Å². The molecule has 0 saturated heterocycles. The van der Waals surface area contributed by atoms with Gasteiger partial charge < -0.3 is 4.42 Å². The Morgan fingerprint density at radius 3 is 2.52 bits per heavy atom. The van der Waals surface area contributed by atoms with Gasteiger partial charge in [0.15, 0.2) is 5.58 Å². The Bertz CT molecular complexity index is 982. The largest absolute Gasteiger partial charge is 0.436 e. The first-order valence-corrected chi connectivity index (χ1v) is 8.60. The molecule has 1 aliphatic carbocycles. The number of para-hydroxylation sites is 2. The molecule has 2 aromatic carbocycles. The second-order valence-corrected chi connectivity index (χ2v) is 6.67. The van der Waals surface area contributed by atoms with Crippen molar-refractivity contribution in [2.75, 3.05) is 0 Å². The maximum absolute atomic E-state index is 12.8. The van der Waals surface area contributed by atoms with Gasteiger partial charge in [-0.1, -0.05) is 25.0 Å². The molecule has 2 heterocycles. The van der Waals surface area contributed by atoms with Crippen LogP contribution in [-0.2, 0) is 0 Å². The predicted molar refractivity (Wildman–Crippen MR) is 92.2 cm³/mol. The topological polar surface area (TPSA) is 63.4 Å². The van der Waals surface area contributed by atoms with Crippen molar-refractivity contribution in [2.24, 2.45) is 0 Å². The van der Waals surface area contributed by atoms with Gasteiger partial charge in [-0.25, -0.2) is 4.98 Å². The molecule has 0 spiro atoms. The summed E-state index contributed by atoms with van der Waals surface area (Å²) in [7, 11) is 0. The van der Waals surface area contributed by atoms with E-state index in [9.17, 15) is 9.59 Å². The van der Waals surface area contributed by atoms with Crippen molar-refractivity contribution in [3.63, 3.8) is 0 Å². The number of nitrogens with zero attached hydrogens (tertiary/aromatic N) is 2. The molecule has 2 amide bonds. The molecule has 2 aliphatic rings. The number of carbonyl (C=O) groups excluding carboxylic acids is 2. The third-order valence-electron chi connectivity index (χ3n) is 5.15. The van der Waals surface area contributed by atoms with Gasteiger partial charge in [-0.05, 0) is 43.2 Å². The second kappa shape index (κ2) is 5.28. The normalized spacial score (nSPS) is 17.7. The van der Waals surface area contributed by atoms with Gasteiger partial charge >= 0.3 is 0 Å². The van der Waals surface area contributed by atoms with Crippen LogP contribution in [0, 0.1) is 0 Å². The Kier molecular flexibility index (Phi) is 3.04. The monoisotopic (exact) mass is 332 g/mol. The molecule has 124 valence electrons. The SMILES string of the molecule is O=C1c2ccc(-c3nc4ccccc4o3)cc2C(=O)N1C1CCCC1. The lowest BCUT2D eigenvalue weighted by atomic mass is 10.1. The summed E-state index contributed by atoms with van der Waals surface area (Å²) in [5, 5.41) is 0. The summed E-state index contributed by atoms with van der Waals surface area (Å²) in [6.07, 6.45) is 3.96. The van der Waals surface area contributed by atoms with E-state index in [-0.39, 0.29) is 17.9 Å². The molecule has 1 fully saturated rings. The van der Waals surface area contributed by atoms with Gasteiger partial charge in [-0.3, -0.25) is 14.5 Å². The van der Waals surface area contributed by atoms with E-state index in [2.05, 4.69) is 4.98 Å². The Balaban J connectivity index is 1.56. The van der Waals surface area contributed by atoms with Gasteiger partial charge in [0, 0.05) is 11.6 Å². The fraction of sp³-hybridized carbons (Fsp3) is 0.250. The first kappa shape index (κ1) is 14.4. The van der Waals surface area contributed by atoms with E-state index >= 15 is 0 Å². The van der Waals surface area contributed by atoms with Crippen molar-refractivity contribution in [1.29, 1.82) is 0 Å². The molecule has 3 aromatic rings. The van der Waals surface area contributed by atoms with Gasteiger partial charge in [0.25, 0.3) is 11.8 Å². The third kappa shape index (κ3) is 2.12. The Morgan fingerprint density at radius 1 is 0.960 bits per heavy atom. The number of rotatable bonds is 2. The summed E-state index contributed by atoms with van der Waals surface area (Å²) in [4.78, 5) is 31.4. The Hall–Kier alpha value is -2.95. The highest BCUT2D eigenvalue weighted by Gasteiger charge is 2.41. The zero-order valence-electron chi connectivity index (χ0n) is 13.6. The number of benzene rings is 2. The molecule has 0 radical (unpaired) electrons. The molecule has 0 unspecified atom stereocenters. The van der Waals surface area contributed by atoms with Crippen LogP contribution >= 0.6 is 0 Å². The summed E-state index contributed by atoms with van der Waals surface area (Å²) in [5.41, 5.74) is 3.12. The summed E-state index contributed by atoms with van der Waals surface area (Å²) in [6.45, 7) is 0. The van der Waals surface area contributed by atoms with Gasteiger partial charge in [0.05, 0.1) is 11.1 Å². The molecule has 5 nitrogen and oxygen atoms in total. The minimum atomic E-state index is -0.190. The number of hydrogen-bond acceptors (Lipinski definition) is 4. The second-order valence-electron chi connectivity index (χ2n) is 6.67. The molecular formula is C20H16N2O3. The third-order valence-corrected chi connectivity index (χ3v) is 5.15. The van der Waals surface area contributed by atoms with Gasteiger partial charge in [-0.2, -0.15) is 0 Å². The summed E-state index contributed by atoms with van der Waals surface area (Å²) in [5.74, 6) is 0.101. The van der Waals surface area contributed by atoms with Crippen molar-refractivity contribution in [3.05, 3.63) is 53.6 Å². The number of oxazole rings is 1. The molecule has 1 aliphatic heterocycles. The lowest BCUT2D eigenvalue weighted by Gasteiger charge is -2.21. The van der Waals surface area contributed by atoms with E-state index in [1.807, 2.05) is 24.3 Å². The van der Waals surface area contributed by atoms with E-state index in [0.717, 1.165) is 31.2 Å². The number of hydrogen-bond donors (Lipinski definition) is 0. The fourth-order valence-electron chi connectivity index (χ4n) is 3.88. The molecule has 5 heteroatoms. The van der Waals surface area contributed by atoms with Gasteiger partial charge in [0.2, 0.25) is 5.89 Å². The predicted octanol–water partition coefficient (Wildman–Crippen LogP) is 4.03. The molecule has 0 N–H and O–H groups in total. The van der Waals surface area contributed by atoms with E-state index in [4.69, 9.17) is 4.42 Å². The highest BCUT2D eigenvalue weighted by Crippen LogP contribution is 2.34. The van der Waals surface area contributed by atoms with Crippen molar-refractivity contribution < 1.29 is 14.0 Å². The first-order valence-electron chi connectivity index (χ1n) is 8.60. The van der Waals surface area contributed by atoms with Crippen LogP contribution in [0.5, 0.6) is 0 Å². The summed E-state index contributed by atoms with van der Waals surface area (Å²) in [6, 6.07) is 12.8. The summed E-state index contributed by atoms with van der Waals surface area (Å²) >= 11 is 0. The standard InChI is InChI=1S/C20H16N2O3/c23-19-14-10-9-12(18-21-16-7-3-4-8-17(16)25-18)11-15(14)20(24)22(19)13-5-1-2-6-13/h3-4,7-11,13H,1-2,5-6H2. The molecule has 25 heavy (non-hydrogen) atoms. The molecule has 0 bridgehead atoms. The molecular weight excluding hydrogens is 316 g/mol. The number of carbonyl (C=O) groups is 2. The smallest absolute Gasteiger partial charge is 0.261 e. The highest BCUT2D eigenvalue weighted by molar-refractivity contribution is 6.22. The van der Waals surface area contributed by atoms with Crippen LogP contribution in [0.25, 0.3) is 22.6 Å². The van der Waals surface area contributed by atoms with Crippen molar-refractivity contribution in [3.8, 4) is 11.5 Å². The van der Waals surface area contributed by atoms with E-state index in [0.29, 0.717) is 28.2 Å². The van der Waals surface area contributed by atoms with Crippen LogP contribution in [-0.4, -0.2) is 27.7 Å². The Labute approximate surface area is 144 Å². The number of fused-ring (bicyclic) bond motifs is 2. The lowest BCUT2D eigenvalue weighted by molar-refractivity contribution is 0.0588. The number of aromatic nitrogens is 1. The van der Waals surface area contributed by atoms with Crippen molar-refractivity contribution >= 4 is 22.9 Å². The van der Waals surface area contributed by atoms with E-state index in [1.165, 1.54) is 4.90 Å². The van der Waals surface area contributed by atoms with Crippen LogP contribution in [0.2, 0.25) is 0 Å². The van der Waals surface area contributed by atoms with Crippen LogP contribution in [0.1, 0.15) is 46.4 Å². The average molecular weight is 332 g/mol. The quantitative estimate of drug-likeness (QED) is 0.665. The molecule has 5 rings (SSSR count). The van der Waals surface area contributed by atoms with Crippen LogP contribution in [0.4, 0.5) is 0 Å². The van der Waals surface area contributed by atoms with Crippen molar-refractivity contribution in [2.45, 2.75) is 31.7 Å². The first-order chi connectivity index (χ1) is 12.2. The van der Waals surface area contributed by atoms with E-state index < -0.39 is 0 Å². The minimum Gasteiger partial charge on any atom is -0.436 e. The maximum Gasteiger partial charge on any atom is 0.261 e. The van der Waals surface area contributed by atoms with Crippen LogP contribution in [0.15, 0.2) is 46.9 Å². The molecule has 1 saturated carbocycles. The number of amides is 2. The zero-order chi connectivity index (χ0) is 17.0. The summed E-state index contributed by atoms with van der Waals surface area (Å²) < 4.78 is 5.78. The minimum absolute atomic E-state index is 0.0418. The highest BCUT2D eigenvalue weighted by atomic mass is 16.3. The maximum atomic E-state index is 12.8.